The molecule has 0 aliphatic carbocycles. The number of fused-ring (bicyclic) bond motifs is 1. The van der Waals surface area contributed by atoms with Crippen molar-refractivity contribution < 1.29 is 12.8 Å². The standard InChI is InChI=1S/C25H29FN4O2S/c1-25(2,3)24-27-15-18(16-28-24)10-12-30-13-11-19-14-23(9-4-20(19)17-30)33(31,32)29-22-7-5-21(26)6-8-22/h4-9,14-16,29H,10-13,17H2,1-3H3. The van der Waals surface area contributed by atoms with Crippen molar-refractivity contribution in [2.75, 3.05) is 17.8 Å². The predicted molar refractivity (Wildman–Crippen MR) is 127 cm³/mol. The van der Waals surface area contributed by atoms with Crippen molar-refractivity contribution in [2.45, 2.75) is 50.5 Å². The van der Waals surface area contributed by atoms with Crippen LogP contribution in [0.3, 0.4) is 0 Å². The quantitative estimate of drug-likeness (QED) is 0.583. The maximum atomic E-state index is 13.1. The lowest BCUT2D eigenvalue weighted by Crippen LogP contribution is -2.32. The van der Waals surface area contributed by atoms with Crippen LogP contribution in [0.15, 0.2) is 59.8 Å². The monoisotopic (exact) mass is 468 g/mol. The molecule has 1 aliphatic rings. The van der Waals surface area contributed by atoms with Gasteiger partial charge in [0.2, 0.25) is 0 Å². The third kappa shape index (κ3) is 5.75. The third-order valence-corrected chi connectivity index (χ3v) is 7.15. The van der Waals surface area contributed by atoms with Gasteiger partial charge in [-0.2, -0.15) is 0 Å². The van der Waals surface area contributed by atoms with Crippen molar-refractivity contribution in [3.8, 4) is 0 Å². The molecule has 0 bridgehead atoms. The van der Waals surface area contributed by atoms with E-state index in [0.29, 0.717) is 5.69 Å². The largest absolute Gasteiger partial charge is 0.298 e. The second kappa shape index (κ2) is 9.19. The lowest BCUT2D eigenvalue weighted by atomic mass is 9.95. The maximum Gasteiger partial charge on any atom is 0.261 e. The summed E-state index contributed by atoms with van der Waals surface area (Å²) in [6.45, 7) is 8.84. The summed E-state index contributed by atoms with van der Waals surface area (Å²) in [5.41, 5.74) is 3.57. The Labute approximate surface area is 194 Å². The van der Waals surface area contributed by atoms with Crippen molar-refractivity contribution in [3.63, 3.8) is 0 Å². The van der Waals surface area contributed by atoms with E-state index in [1.807, 2.05) is 18.5 Å². The number of aromatic nitrogens is 2. The van der Waals surface area contributed by atoms with Crippen molar-refractivity contribution in [2.24, 2.45) is 0 Å². The van der Waals surface area contributed by atoms with Crippen LogP contribution in [0.1, 0.15) is 43.3 Å². The van der Waals surface area contributed by atoms with Crippen LogP contribution in [-0.4, -0.2) is 36.4 Å². The normalized spacial score (nSPS) is 14.7. The van der Waals surface area contributed by atoms with Crippen LogP contribution >= 0.6 is 0 Å². The Balaban J connectivity index is 1.38. The second-order valence-corrected chi connectivity index (χ2v) is 11.2. The van der Waals surface area contributed by atoms with Crippen LogP contribution < -0.4 is 4.72 Å². The number of nitrogens with zero attached hydrogens (tertiary/aromatic N) is 3. The molecule has 0 unspecified atom stereocenters. The fourth-order valence-electron chi connectivity index (χ4n) is 3.84. The topological polar surface area (TPSA) is 75.2 Å². The van der Waals surface area contributed by atoms with E-state index in [4.69, 9.17) is 0 Å². The van der Waals surface area contributed by atoms with E-state index in [1.165, 1.54) is 24.3 Å². The molecule has 0 radical (unpaired) electrons. The molecular weight excluding hydrogens is 439 g/mol. The van der Waals surface area contributed by atoms with Gasteiger partial charge in [0.25, 0.3) is 10.0 Å². The predicted octanol–water partition coefficient (Wildman–Crippen LogP) is 4.31. The molecule has 3 aromatic rings. The first-order valence-corrected chi connectivity index (χ1v) is 12.5. The molecule has 4 rings (SSSR count). The Morgan fingerprint density at radius 2 is 1.73 bits per heavy atom. The summed E-state index contributed by atoms with van der Waals surface area (Å²) >= 11 is 0. The minimum Gasteiger partial charge on any atom is -0.298 e. The first-order valence-electron chi connectivity index (χ1n) is 11.0. The van der Waals surface area contributed by atoms with E-state index in [1.54, 1.807) is 12.1 Å². The van der Waals surface area contributed by atoms with Crippen LogP contribution in [0.5, 0.6) is 0 Å². The van der Waals surface area contributed by atoms with E-state index in [0.717, 1.165) is 55.0 Å². The lowest BCUT2D eigenvalue weighted by Gasteiger charge is -2.29. The number of anilines is 1. The number of halogens is 1. The summed E-state index contributed by atoms with van der Waals surface area (Å²) < 4.78 is 41.1. The van der Waals surface area contributed by atoms with Gasteiger partial charge in [0.05, 0.1) is 4.90 Å². The first-order chi connectivity index (χ1) is 15.6. The molecule has 33 heavy (non-hydrogen) atoms. The highest BCUT2D eigenvalue weighted by molar-refractivity contribution is 7.92. The zero-order chi connectivity index (χ0) is 23.6. The molecule has 174 valence electrons. The summed E-state index contributed by atoms with van der Waals surface area (Å²) in [6.07, 6.45) is 5.48. The van der Waals surface area contributed by atoms with Crippen LogP contribution in [0.2, 0.25) is 0 Å². The molecule has 0 amide bonds. The molecule has 6 nitrogen and oxygen atoms in total. The molecule has 8 heteroatoms. The molecule has 1 N–H and O–H groups in total. The molecule has 0 spiro atoms. The molecule has 0 saturated heterocycles. The van der Waals surface area contributed by atoms with Gasteiger partial charge < -0.3 is 0 Å². The summed E-state index contributed by atoms with van der Waals surface area (Å²) in [5.74, 6) is 0.434. The minimum absolute atomic E-state index is 0.0595. The van der Waals surface area contributed by atoms with Crippen molar-refractivity contribution in [3.05, 3.63) is 83.2 Å². The van der Waals surface area contributed by atoms with Gasteiger partial charge in [-0.1, -0.05) is 26.8 Å². The molecule has 0 atom stereocenters. The molecule has 0 fully saturated rings. The molecular formula is C25H29FN4O2S. The highest BCUT2D eigenvalue weighted by atomic mass is 32.2. The highest BCUT2D eigenvalue weighted by Crippen LogP contribution is 2.24. The Kier molecular flexibility index (Phi) is 6.50. The van der Waals surface area contributed by atoms with Gasteiger partial charge in [0.1, 0.15) is 11.6 Å². The van der Waals surface area contributed by atoms with E-state index < -0.39 is 15.8 Å². The number of hydrogen-bond donors (Lipinski definition) is 1. The molecule has 1 aromatic heterocycles. The van der Waals surface area contributed by atoms with E-state index in [9.17, 15) is 12.8 Å². The van der Waals surface area contributed by atoms with E-state index in [-0.39, 0.29) is 10.3 Å². The fourth-order valence-corrected chi connectivity index (χ4v) is 4.95. The SMILES string of the molecule is CC(C)(C)c1ncc(CCN2CCc3cc(S(=O)(=O)Nc4ccc(F)cc4)ccc3C2)cn1. The molecule has 1 aliphatic heterocycles. The molecule has 2 heterocycles. The van der Waals surface area contributed by atoms with Gasteiger partial charge in [-0.05, 0) is 65.9 Å². The Hall–Kier alpha value is -2.84. The van der Waals surface area contributed by atoms with Gasteiger partial charge in [-0.3, -0.25) is 9.62 Å². The Morgan fingerprint density at radius 1 is 1.03 bits per heavy atom. The summed E-state index contributed by atoms with van der Waals surface area (Å²) in [4.78, 5) is 11.6. The zero-order valence-electron chi connectivity index (χ0n) is 19.2. The van der Waals surface area contributed by atoms with Crippen molar-refractivity contribution in [1.82, 2.24) is 14.9 Å². The Morgan fingerprint density at radius 3 is 2.39 bits per heavy atom. The van der Waals surface area contributed by atoms with E-state index in [2.05, 4.69) is 40.4 Å². The molecule has 2 aromatic carbocycles. The van der Waals surface area contributed by atoms with Gasteiger partial charge in [0.15, 0.2) is 0 Å². The smallest absolute Gasteiger partial charge is 0.261 e. The zero-order valence-corrected chi connectivity index (χ0v) is 20.0. The van der Waals surface area contributed by atoms with Crippen molar-refractivity contribution in [1.29, 1.82) is 0 Å². The van der Waals surface area contributed by atoms with Crippen LogP contribution in [-0.2, 0) is 34.8 Å². The van der Waals surface area contributed by atoms with Crippen LogP contribution in [0.4, 0.5) is 10.1 Å². The number of rotatable bonds is 6. The first kappa shape index (κ1) is 23.3. The number of benzene rings is 2. The lowest BCUT2D eigenvalue weighted by molar-refractivity contribution is 0.257. The summed E-state index contributed by atoms with van der Waals surface area (Å²) in [7, 11) is -3.73. The number of nitrogens with one attached hydrogen (secondary N) is 1. The second-order valence-electron chi connectivity index (χ2n) is 9.48. The summed E-state index contributed by atoms with van der Waals surface area (Å²) in [5, 5.41) is 0. The fraction of sp³-hybridized carbons (Fsp3) is 0.360. The highest BCUT2D eigenvalue weighted by Gasteiger charge is 2.21. The minimum atomic E-state index is -3.73. The van der Waals surface area contributed by atoms with Gasteiger partial charge in [-0.25, -0.2) is 22.8 Å². The summed E-state index contributed by atoms with van der Waals surface area (Å²) in [6, 6.07) is 10.5. The Bertz CT molecular complexity index is 1220. The molecule has 0 saturated carbocycles. The van der Waals surface area contributed by atoms with Crippen LogP contribution in [0.25, 0.3) is 0 Å². The maximum absolute atomic E-state index is 13.1. The third-order valence-electron chi connectivity index (χ3n) is 5.77. The number of hydrogen-bond acceptors (Lipinski definition) is 5. The van der Waals surface area contributed by atoms with Gasteiger partial charge in [-0.15, -0.1) is 0 Å². The van der Waals surface area contributed by atoms with Crippen molar-refractivity contribution >= 4 is 15.7 Å². The van der Waals surface area contributed by atoms with Gasteiger partial charge in [0, 0.05) is 43.1 Å². The average molecular weight is 469 g/mol. The van der Waals surface area contributed by atoms with Gasteiger partial charge >= 0.3 is 0 Å². The number of sulfonamides is 1. The average Bonchev–Trinajstić information content (AvgIpc) is 2.78. The van der Waals surface area contributed by atoms with Crippen LogP contribution in [0, 0.1) is 5.82 Å². The van der Waals surface area contributed by atoms with E-state index >= 15 is 0 Å².